The van der Waals surface area contributed by atoms with Crippen molar-refractivity contribution < 1.29 is 14.3 Å². The molecule has 3 saturated heterocycles. The summed E-state index contributed by atoms with van der Waals surface area (Å²) < 4.78 is 7.40. The average Bonchev–Trinajstić information content (AvgIpc) is 3.60. The van der Waals surface area contributed by atoms with E-state index in [-0.39, 0.29) is 23.4 Å². The lowest BCUT2D eigenvalue weighted by Crippen LogP contribution is -2.47. The van der Waals surface area contributed by atoms with Crippen LogP contribution in [-0.2, 0) is 23.2 Å². The van der Waals surface area contributed by atoms with Crippen LogP contribution in [0, 0.1) is 0 Å². The van der Waals surface area contributed by atoms with Gasteiger partial charge in [0.2, 0.25) is 11.8 Å². The number of benzene rings is 2. The Hall–Kier alpha value is -4.19. The molecule has 0 aliphatic carbocycles. The maximum absolute atomic E-state index is 12.5. The predicted molar refractivity (Wildman–Crippen MR) is 186 cm³/mol. The van der Waals surface area contributed by atoms with Gasteiger partial charge in [0, 0.05) is 59.5 Å². The highest BCUT2D eigenvalue weighted by molar-refractivity contribution is 6.32. The Morgan fingerprint density at radius 1 is 1.00 bits per heavy atom. The summed E-state index contributed by atoms with van der Waals surface area (Å²) in [5.74, 6) is 0.832. The number of anilines is 1. The third-order valence-corrected chi connectivity index (χ3v) is 10.8. The highest BCUT2D eigenvalue weighted by Gasteiger charge is 2.30. The molecule has 7 rings (SSSR count). The molecule has 4 aromatic rings. The first-order chi connectivity index (χ1) is 23.3. The van der Waals surface area contributed by atoms with Crippen LogP contribution in [0.15, 0.2) is 53.6 Å². The van der Waals surface area contributed by atoms with Gasteiger partial charge in [-0.1, -0.05) is 23.7 Å². The van der Waals surface area contributed by atoms with Crippen LogP contribution in [0.2, 0.25) is 5.02 Å². The van der Waals surface area contributed by atoms with E-state index in [0.29, 0.717) is 35.3 Å². The number of nitrogens with one attached hydrogen (secondary N) is 3. The largest absolute Gasteiger partial charge is 0.496 e. The topological polar surface area (TPSA) is 125 Å². The number of fused-ring (bicyclic) bond motifs is 1. The number of amides is 2. The number of imide groups is 1. The van der Waals surface area contributed by atoms with Crippen molar-refractivity contribution in [3.63, 3.8) is 0 Å². The molecule has 252 valence electrons. The van der Waals surface area contributed by atoms with Gasteiger partial charge in [-0.3, -0.25) is 29.7 Å². The molecule has 1 atom stereocenters. The van der Waals surface area contributed by atoms with Crippen molar-refractivity contribution in [3.05, 3.63) is 75.3 Å². The Morgan fingerprint density at radius 3 is 2.46 bits per heavy atom. The maximum Gasteiger partial charge on any atom is 0.276 e. The van der Waals surface area contributed by atoms with Gasteiger partial charge < -0.3 is 19.5 Å². The number of ether oxygens (including phenoxy) is 1. The number of methoxy groups -OCH3 is 1. The molecule has 2 aromatic carbocycles. The summed E-state index contributed by atoms with van der Waals surface area (Å²) in [6.07, 6.45) is 8.91. The van der Waals surface area contributed by atoms with Gasteiger partial charge in [0.1, 0.15) is 17.3 Å². The highest BCUT2D eigenvalue weighted by Crippen LogP contribution is 2.37. The second kappa shape index (κ2) is 13.7. The van der Waals surface area contributed by atoms with Crippen molar-refractivity contribution in [2.75, 3.05) is 38.6 Å². The van der Waals surface area contributed by atoms with Gasteiger partial charge in [-0.25, -0.2) is 0 Å². The molecule has 2 amide bonds. The fourth-order valence-corrected chi connectivity index (χ4v) is 7.90. The van der Waals surface area contributed by atoms with Gasteiger partial charge >= 0.3 is 0 Å². The number of aromatic nitrogens is 3. The van der Waals surface area contributed by atoms with Crippen LogP contribution in [0.3, 0.4) is 0 Å². The monoisotopic (exact) mass is 671 g/mol. The van der Waals surface area contributed by atoms with Crippen molar-refractivity contribution in [1.82, 2.24) is 29.9 Å². The van der Waals surface area contributed by atoms with Crippen LogP contribution >= 0.6 is 11.6 Å². The third kappa shape index (κ3) is 6.59. The van der Waals surface area contributed by atoms with Crippen molar-refractivity contribution in [3.8, 4) is 16.9 Å². The zero-order valence-electron chi connectivity index (χ0n) is 27.4. The number of carbonyl (C=O) groups excluding carboxylic acids is 2. The van der Waals surface area contributed by atoms with E-state index in [1.165, 1.54) is 5.56 Å². The van der Waals surface area contributed by atoms with E-state index in [1.54, 1.807) is 24.9 Å². The number of carbonyl (C=O) groups is 2. The molecular weight excluding hydrogens is 630 g/mol. The number of halogens is 1. The van der Waals surface area contributed by atoms with Crippen LogP contribution in [0.4, 0.5) is 5.69 Å². The molecule has 5 heterocycles. The van der Waals surface area contributed by atoms with Crippen LogP contribution in [0.25, 0.3) is 22.0 Å². The Labute approximate surface area is 284 Å². The molecule has 0 spiro atoms. The van der Waals surface area contributed by atoms with Gasteiger partial charge in [-0.05, 0) is 99.6 Å². The molecule has 12 heteroatoms. The first-order valence-corrected chi connectivity index (χ1v) is 17.2. The second-order valence-corrected chi connectivity index (χ2v) is 13.8. The number of aryl methyl sites for hydroxylation is 1. The minimum absolute atomic E-state index is 0.124. The number of piperidine rings is 3. The number of hydrogen-bond acceptors (Lipinski definition) is 8. The lowest BCUT2D eigenvalue weighted by atomic mass is 9.88. The Morgan fingerprint density at radius 2 is 1.75 bits per heavy atom. The summed E-state index contributed by atoms with van der Waals surface area (Å²) in [4.78, 5) is 41.2. The highest BCUT2D eigenvalue weighted by atomic mass is 35.5. The quantitative estimate of drug-likeness (QED) is 0.231. The zero-order valence-corrected chi connectivity index (χ0v) is 28.2. The Balaban J connectivity index is 0.922. The van der Waals surface area contributed by atoms with E-state index in [9.17, 15) is 14.4 Å². The van der Waals surface area contributed by atoms with E-state index in [4.69, 9.17) is 16.3 Å². The number of hydrogen-bond donors (Lipinski definition) is 3. The van der Waals surface area contributed by atoms with Crippen LogP contribution in [-0.4, -0.2) is 81.8 Å². The maximum atomic E-state index is 12.5. The van der Waals surface area contributed by atoms with E-state index in [2.05, 4.69) is 54.9 Å². The number of nitrogens with zero attached hydrogens (tertiary/aromatic N) is 4. The van der Waals surface area contributed by atoms with Gasteiger partial charge in [-0.2, -0.15) is 5.10 Å². The molecule has 48 heavy (non-hydrogen) atoms. The van der Waals surface area contributed by atoms with Crippen molar-refractivity contribution in [2.24, 2.45) is 7.05 Å². The summed E-state index contributed by atoms with van der Waals surface area (Å²) in [5.41, 5.74) is 5.33. The van der Waals surface area contributed by atoms with Gasteiger partial charge in [0.05, 0.1) is 13.3 Å². The molecule has 1 unspecified atom stereocenters. The third-order valence-electron chi connectivity index (χ3n) is 10.4. The van der Waals surface area contributed by atoms with Crippen LogP contribution < -0.4 is 20.9 Å². The number of aromatic amines is 1. The molecule has 2 aromatic heterocycles. The standard InChI is InChI=1S/C36H42ClN7O4/c1-42-20-28(27-19-38-41-34(27)36(42)47)24-17-30(37)29(32(18-24)48-2)21-43-13-11-26(12-14-43)44-15-9-23(10-16-44)22-3-5-25(6-4-22)39-31-7-8-33(45)40-35(31)46/h3-6,17-20,23,26,31,39H,7-16,21H2,1-2H3,(H,38,41)(H,40,45,46). The summed E-state index contributed by atoms with van der Waals surface area (Å²) >= 11 is 6.92. The number of H-pyrrole nitrogens is 1. The van der Waals surface area contributed by atoms with Gasteiger partial charge in [-0.15, -0.1) is 0 Å². The molecule has 0 saturated carbocycles. The number of pyridine rings is 1. The van der Waals surface area contributed by atoms with Crippen molar-refractivity contribution >= 4 is 40.0 Å². The lowest BCUT2D eigenvalue weighted by Gasteiger charge is -2.42. The summed E-state index contributed by atoms with van der Waals surface area (Å²) in [7, 11) is 3.41. The SMILES string of the molecule is COc1cc(-c2cn(C)c(=O)c3[nH]ncc23)cc(Cl)c1CN1CCC(N2CCC(c3ccc(NC4CCC(=O)NC4=O)cc3)CC2)CC1. The summed E-state index contributed by atoms with van der Waals surface area (Å²) in [5, 5.41) is 14.0. The van der Waals surface area contributed by atoms with Crippen molar-refractivity contribution in [2.45, 2.75) is 63.1 Å². The first kappa shape index (κ1) is 32.4. The van der Waals surface area contributed by atoms with E-state index < -0.39 is 0 Å². The van der Waals surface area contributed by atoms with Crippen LogP contribution in [0.5, 0.6) is 5.75 Å². The molecule has 3 N–H and O–H groups in total. The number of rotatable bonds is 8. The van der Waals surface area contributed by atoms with Gasteiger partial charge in [0.25, 0.3) is 5.56 Å². The first-order valence-electron chi connectivity index (χ1n) is 16.8. The molecule has 3 aliphatic heterocycles. The smallest absolute Gasteiger partial charge is 0.276 e. The second-order valence-electron chi connectivity index (χ2n) is 13.3. The van der Waals surface area contributed by atoms with Gasteiger partial charge in [0.15, 0.2) is 0 Å². The van der Waals surface area contributed by atoms with Crippen LogP contribution in [0.1, 0.15) is 55.6 Å². The van der Waals surface area contributed by atoms with E-state index in [1.807, 2.05) is 18.3 Å². The molecule has 3 aliphatic rings. The summed E-state index contributed by atoms with van der Waals surface area (Å²) in [6.45, 7) is 4.93. The minimum Gasteiger partial charge on any atom is -0.496 e. The molecule has 11 nitrogen and oxygen atoms in total. The zero-order chi connectivity index (χ0) is 33.4. The van der Waals surface area contributed by atoms with E-state index >= 15 is 0 Å². The fourth-order valence-electron chi connectivity index (χ4n) is 7.63. The number of likely N-dealkylation sites (tertiary alicyclic amines) is 2. The molecular formula is C36H42ClN7O4. The normalized spacial score (nSPS) is 20.3. The molecule has 3 fully saturated rings. The Kier molecular flexibility index (Phi) is 9.26. The minimum atomic E-state index is -0.365. The molecule has 0 bridgehead atoms. The van der Waals surface area contributed by atoms with E-state index in [0.717, 1.165) is 91.9 Å². The summed E-state index contributed by atoms with van der Waals surface area (Å²) in [6, 6.07) is 12.7. The Bertz CT molecular complexity index is 1870. The predicted octanol–water partition coefficient (Wildman–Crippen LogP) is 4.65. The lowest BCUT2D eigenvalue weighted by molar-refractivity contribution is -0.133. The molecule has 0 radical (unpaired) electrons. The van der Waals surface area contributed by atoms with Crippen molar-refractivity contribution in [1.29, 1.82) is 0 Å². The average molecular weight is 672 g/mol. The fraction of sp³-hybridized carbons (Fsp3) is 0.444.